The summed E-state index contributed by atoms with van der Waals surface area (Å²) in [5.74, 6) is 1.42. The maximum Gasteiger partial charge on any atom is 0.309 e. The van der Waals surface area contributed by atoms with Crippen LogP contribution in [0.15, 0.2) is 54.6 Å². The molecule has 0 heterocycles. The van der Waals surface area contributed by atoms with Gasteiger partial charge in [-0.3, -0.25) is 0 Å². The molecule has 1 atom stereocenters. The van der Waals surface area contributed by atoms with E-state index in [9.17, 15) is 12.6 Å². The van der Waals surface area contributed by atoms with Crippen molar-refractivity contribution in [3.05, 3.63) is 60.7 Å². The first-order valence-electron chi connectivity index (χ1n) is 10.5. The van der Waals surface area contributed by atoms with Crippen LogP contribution in [0.5, 0.6) is 11.5 Å². The van der Waals surface area contributed by atoms with E-state index >= 15 is 0 Å². The first-order valence-corrected chi connectivity index (χ1v) is 13.3. The third-order valence-corrected chi connectivity index (χ3v) is 6.95. The predicted octanol–water partition coefficient (Wildman–Crippen LogP) is 5.66. The lowest BCUT2D eigenvalue weighted by atomic mass is 10.0. The van der Waals surface area contributed by atoms with Gasteiger partial charge in [-0.1, -0.05) is 51.0 Å². The summed E-state index contributed by atoms with van der Waals surface area (Å²) in [6, 6.07) is 19.7. The second-order valence-electron chi connectivity index (χ2n) is 7.29. The van der Waals surface area contributed by atoms with E-state index in [1.165, 1.54) is 0 Å². The van der Waals surface area contributed by atoms with E-state index in [0.29, 0.717) is 23.7 Å². The van der Waals surface area contributed by atoms with Gasteiger partial charge in [0.2, 0.25) is 11.1 Å². The van der Waals surface area contributed by atoms with Crippen LogP contribution < -0.4 is 8.37 Å². The highest BCUT2D eigenvalue weighted by molar-refractivity contribution is 7.87. The molecule has 7 heteroatoms. The normalized spacial score (nSPS) is 12.6. The topological polar surface area (TPSA) is 69.7 Å². The Morgan fingerprint density at radius 1 is 0.903 bits per heavy atom. The van der Waals surface area contributed by atoms with Crippen LogP contribution in [-0.4, -0.2) is 24.1 Å². The molecular weight excluding hydrogens is 432 g/mol. The molecule has 1 radical (unpaired) electrons. The molecule has 0 fully saturated rings. The molecule has 0 aliphatic heterocycles. The van der Waals surface area contributed by atoms with Crippen molar-refractivity contribution in [1.82, 2.24) is 0 Å². The van der Waals surface area contributed by atoms with Crippen molar-refractivity contribution >= 4 is 32.0 Å². The second-order valence-corrected chi connectivity index (χ2v) is 10.2. The smallest absolute Gasteiger partial charge is 0.309 e. The van der Waals surface area contributed by atoms with E-state index in [0.717, 1.165) is 41.2 Å². The maximum absolute atomic E-state index is 11.9. The molecule has 0 N–H and O–H groups in total. The van der Waals surface area contributed by atoms with Gasteiger partial charge in [0.25, 0.3) is 0 Å². The van der Waals surface area contributed by atoms with E-state index in [4.69, 9.17) is 8.37 Å². The summed E-state index contributed by atoms with van der Waals surface area (Å²) in [4.78, 5) is 0. The Bertz CT molecular complexity index is 1140. The Morgan fingerprint density at radius 2 is 1.61 bits per heavy atom. The third kappa shape index (κ3) is 6.80. The zero-order chi connectivity index (χ0) is 22.3. The highest BCUT2D eigenvalue weighted by Crippen LogP contribution is 2.28. The lowest BCUT2D eigenvalue weighted by Crippen LogP contribution is -2.13. The molecule has 0 amide bonds. The van der Waals surface area contributed by atoms with Gasteiger partial charge in [-0.15, -0.1) is 0 Å². The van der Waals surface area contributed by atoms with E-state index < -0.39 is 21.2 Å². The van der Waals surface area contributed by atoms with Crippen LogP contribution in [0.1, 0.15) is 39.5 Å². The maximum atomic E-state index is 11.9. The average molecular weight is 460 g/mol. The Hall–Kier alpha value is -2.38. The van der Waals surface area contributed by atoms with E-state index in [-0.39, 0.29) is 5.75 Å². The van der Waals surface area contributed by atoms with Crippen molar-refractivity contribution < 1.29 is 21.0 Å². The number of hydrogen-bond donors (Lipinski definition) is 0. The molecule has 0 saturated carbocycles. The highest BCUT2D eigenvalue weighted by Gasteiger charge is 2.12. The Kier molecular flexibility index (Phi) is 8.09. The van der Waals surface area contributed by atoms with Gasteiger partial charge < -0.3 is 8.37 Å². The zero-order valence-corrected chi connectivity index (χ0v) is 19.4. The van der Waals surface area contributed by atoms with Crippen LogP contribution in [0.4, 0.5) is 0 Å². The molecule has 0 saturated heterocycles. The van der Waals surface area contributed by atoms with E-state index in [1.54, 1.807) is 18.2 Å². The summed E-state index contributed by atoms with van der Waals surface area (Å²) in [7, 11) is -3.56. The number of unbranched alkanes of at least 4 members (excludes halogenated alkanes) is 2. The Morgan fingerprint density at radius 3 is 2.32 bits per heavy atom. The second kappa shape index (κ2) is 10.8. The summed E-state index contributed by atoms with van der Waals surface area (Å²) in [5, 5.41) is 1.85. The van der Waals surface area contributed by atoms with Crippen molar-refractivity contribution in [3.63, 3.8) is 0 Å². The minimum absolute atomic E-state index is 0.0155. The quantitative estimate of drug-likeness (QED) is 0.346. The summed E-state index contributed by atoms with van der Waals surface area (Å²) in [6.07, 6.45) is 3.22. The SMILES string of the molecule is CCCCS(=O)Oc1ccc2[c]c(-c3ccc(OS(=O)(=O)CCCC)cc3)ccc2c1. The number of hydrogen-bond acceptors (Lipinski definition) is 5. The van der Waals surface area contributed by atoms with Crippen LogP contribution in [0.2, 0.25) is 0 Å². The molecule has 0 spiro atoms. The van der Waals surface area contributed by atoms with Gasteiger partial charge >= 0.3 is 10.1 Å². The fourth-order valence-corrected chi connectivity index (χ4v) is 5.04. The van der Waals surface area contributed by atoms with Gasteiger partial charge in [0.05, 0.1) is 11.5 Å². The molecule has 1 unspecified atom stereocenters. The third-order valence-electron chi connectivity index (χ3n) is 4.71. The molecule has 3 aromatic carbocycles. The standard InChI is InChI=1S/C24H27O5S2/c1-3-5-15-30(25)28-24-14-11-21-17-20(7-8-22(21)18-24)19-9-12-23(13-10-19)29-31(26,27)16-6-4-2/h7-14,18H,3-6,15-16H2,1-2H3. The minimum atomic E-state index is -3.56. The summed E-state index contributed by atoms with van der Waals surface area (Å²) >= 11 is -1.32. The molecule has 31 heavy (non-hydrogen) atoms. The summed E-state index contributed by atoms with van der Waals surface area (Å²) < 4.78 is 46.5. The van der Waals surface area contributed by atoms with Crippen molar-refractivity contribution in [3.8, 4) is 22.6 Å². The first-order chi connectivity index (χ1) is 14.9. The average Bonchev–Trinajstić information content (AvgIpc) is 2.76. The molecule has 3 rings (SSSR count). The summed E-state index contributed by atoms with van der Waals surface area (Å²) in [5.41, 5.74) is 1.79. The summed E-state index contributed by atoms with van der Waals surface area (Å²) in [6.45, 7) is 3.99. The van der Waals surface area contributed by atoms with Gasteiger partial charge in [0.1, 0.15) is 11.5 Å². The number of rotatable bonds is 11. The first kappa shape index (κ1) is 23.3. The molecule has 0 bridgehead atoms. The van der Waals surface area contributed by atoms with Crippen molar-refractivity contribution in [2.75, 3.05) is 11.5 Å². The van der Waals surface area contributed by atoms with Gasteiger partial charge in [0.15, 0.2) is 0 Å². The monoisotopic (exact) mass is 459 g/mol. The molecule has 0 aliphatic rings. The van der Waals surface area contributed by atoms with Gasteiger partial charge in [0, 0.05) is 0 Å². The van der Waals surface area contributed by atoms with Crippen molar-refractivity contribution in [2.45, 2.75) is 39.5 Å². The van der Waals surface area contributed by atoms with Crippen LogP contribution in [0.3, 0.4) is 0 Å². The molecule has 3 aromatic rings. The van der Waals surface area contributed by atoms with Crippen LogP contribution in [0.25, 0.3) is 21.9 Å². The highest BCUT2D eigenvalue weighted by atomic mass is 32.2. The lowest BCUT2D eigenvalue weighted by Gasteiger charge is -2.09. The zero-order valence-electron chi connectivity index (χ0n) is 17.8. The van der Waals surface area contributed by atoms with Crippen LogP contribution in [-0.2, 0) is 21.2 Å². The molecule has 0 aromatic heterocycles. The molecular formula is C24H27O5S2. The van der Waals surface area contributed by atoms with Gasteiger partial charge in [-0.25, -0.2) is 4.21 Å². The minimum Gasteiger partial charge on any atom is -0.401 e. The molecule has 0 aliphatic carbocycles. The van der Waals surface area contributed by atoms with E-state index in [1.807, 2.05) is 43.3 Å². The number of fused-ring (bicyclic) bond motifs is 1. The van der Waals surface area contributed by atoms with Crippen molar-refractivity contribution in [1.29, 1.82) is 0 Å². The van der Waals surface area contributed by atoms with Crippen LogP contribution >= 0.6 is 0 Å². The molecule has 5 nitrogen and oxygen atoms in total. The van der Waals surface area contributed by atoms with Gasteiger partial charge in [-0.05, 0) is 71.1 Å². The van der Waals surface area contributed by atoms with E-state index in [2.05, 4.69) is 13.0 Å². The van der Waals surface area contributed by atoms with Crippen molar-refractivity contribution in [2.24, 2.45) is 0 Å². The fourth-order valence-electron chi connectivity index (χ4n) is 2.98. The van der Waals surface area contributed by atoms with Crippen LogP contribution in [0, 0.1) is 6.07 Å². The largest absolute Gasteiger partial charge is 0.401 e. The predicted molar refractivity (Wildman–Crippen MR) is 126 cm³/mol. The Labute approximate surface area is 187 Å². The Balaban J connectivity index is 1.73. The number of benzene rings is 3. The van der Waals surface area contributed by atoms with Gasteiger partial charge in [-0.2, -0.15) is 8.42 Å². The fraction of sp³-hybridized carbons (Fsp3) is 0.333. The molecule has 165 valence electrons. The lowest BCUT2D eigenvalue weighted by molar-refractivity contribution is 0.483.